The van der Waals surface area contributed by atoms with Gasteiger partial charge in [0, 0.05) is 5.02 Å². The molecule has 0 aromatic heterocycles. The molecule has 0 unspecified atom stereocenters. The summed E-state index contributed by atoms with van der Waals surface area (Å²) in [5.74, 6) is -0.772. The normalized spacial score (nSPS) is 9.59. The number of anilines is 1. The SMILES string of the molecule is O=C(CCl)NNC(=O)Nc1ccc(Cl)cc1Cl. The Balaban J connectivity index is 2.53. The van der Waals surface area contributed by atoms with Crippen molar-refractivity contribution in [1.82, 2.24) is 10.9 Å². The van der Waals surface area contributed by atoms with E-state index in [9.17, 15) is 9.59 Å². The van der Waals surface area contributed by atoms with E-state index >= 15 is 0 Å². The number of benzene rings is 1. The zero-order chi connectivity index (χ0) is 12.8. The molecule has 17 heavy (non-hydrogen) atoms. The minimum atomic E-state index is -0.646. The third kappa shape index (κ3) is 4.68. The number of carbonyl (C=O) groups excluding carboxylic acids is 2. The molecule has 0 heterocycles. The van der Waals surface area contributed by atoms with Crippen LogP contribution in [-0.2, 0) is 4.79 Å². The van der Waals surface area contributed by atoms with Gasteiger partial charge in [-0.3, -0.25) is 10.2 Å². The quantitative estimate of drug-likeness (QED) is 0.579. The van der Waals surface area contributed by atoms with Gasteiger partial charge in [-0.25, -0.2) is 10.2 Å². The molecular weight excluding hydrogens is 288 g/mol. The van der Waals surface area contributed by atoms with E-state index in [-0.39, 0.29) is 10.9 Å². The Morgan fingerprint density at radius 3 is 2.47 bits per heavy atom. The van der Waals surface area contributed by atoms with Crippen LogP contribution in [0.25, 0.3) is 0 Å². The van der Waals surface area contributed by atoms with Crippen LogP contribution in [0.1, 0.15) is 0 Å². The summed E-state index contributed by atoms with van der Waals surface area (Å²) in [5, 5.41) is 3.16. The van der Waals surface area contributed by atoms with Crippen LogP contribution >= 0.6 is 34.8 Å². The Hall–Kier alpha value is -1.17. The fourth-order valence-electron chi connectivity index (χ4n) is 0.904. The maximum Gasteiger partial charge on any atom is 0.337 e. The molecule has 0 aliphatic heterocycles. The highest BCUT2D eigenvalue weighted by atomic mass is 35.5. The maximum atomic E-state index is 11.3. The first-order valence-electron chi connectivity index (χ1n) is 4.40. The zero-order valence-electron chi connectivity index (χ0n) is 8.39. The van der Waals surface area contributed by atoms with Crippen molar-refractivity contribution in [2.24, 2.45) is 0 Å². The number of carbonyl (C=O) groups is 2. The summed E-state index contributed by atoms with van der Waals surface area (Å²) < 4.78 is 0. The molecule has 0 spiro atoms. The zero-order valence-corrected chi connectivity index (χ0v) is 10.7. The standard InChI is InChI=1S/C9H8Cl3N3O2/c10-4-8(16)14-15-9(17)13-7-2-1-5(11)3-6(7)12/h1-3H,4H2,(H,14,16)(H2,13,15,17). The number of urea groups is 1. The number of nitrogens with one attached hydrogen (secondary N) is 3. The summed E-state index contributed by atoms with van der Waals surface area (Å²) in [6, 6.07) is 3.94. The van der Waals surface area contributed by atoms with Gasteiger partial charge in [-0.15, -0.1) is 11.6 Å². The van der Waals surface area contributed by atoms with Crippen molar-refractivity contribution < 1.29 is 9.59 Å². The van der Waals surface area contributed by atoms with Crippen molar-refractivity contribution >= 4 is 52.4 Å². The second-order valence-electron chi connectivity index (χ2n) is 2.89. The molecule has 1 aromatic rings. The first-order chi connectivity index (χ1) is 8.02. The molecule has 0 saturated carbocycles. The van der Waals surface area contributed by atoms with Crippen molar-refractivity contribution in [1.29, 1.82) is 0 Å². The number of alkyl halides is 1. The van der Waals surface area contributed by atoms with Crippen molar-refractivity contribution in [3.8, 4) is 0 Å². The van der Waals surface area contributed by atoms with Gasteiger partial charge in [0.25, 0.3) is 5.91 Å². The van der Waals surface area contributed by atoms with Gasteiger partial charge in [-0.1, -0.05) is 23.2 Å². The number of hydrazine groups is 1. The maximum absolute atomic E-state index is 11.3. The fraction of sp³-hybridized carbons (Fsp3) is 0.111. The second kappa shape index (κ2) is 6.54. The molecular formula is C9H8Cl3N3O2. The molecule has 0 radical (unpaired) electrons. The van der Waals surface area contributed by atoms with Crippen LogP contribution in [0.2, 0.25) is 10.0 Å². The Morgan fingerprint density at radius 1 is 1.18 bits per heavy atom. The van der Waals surface area contributed by atoms with Crippen LogP contribution < -0.4 is 16.2 Å². The second-order valence-corrected chi connectivity index (χ2v) is 4.00. The van der Waals surface area contributed by atoms with Gasteiger partial charge in [0.05, 0.1) is 10.7 Å². The molecule has 0 fully saturated rings. The summed E-state index contributed by atoms with van der Waals surface area (Å²) in [7, 11) is 0. The van der Waals surface area contributed by atoms with Crippen LogP contribution in [0.3, 0.4) is 0 Å². The molecule has 0 aliphatic rings. The number of halogens is 3. The van der Waals surface area contributed by atoms with E-state index < -0.39 is 11.9 Å². The first kappa shape index (κ1) is 13.9. The minimum Gasteiger partial charge on any atom is -0.305 e. The largest absolute Gasteiger partial charge is 0.337 e. The predicted octanol–water partition coefficient (Wildman–Crippen LogP) is 2.38. The number of hydrogen-bond donors (Lipinski definition) is 3. The third-order valence-corrected chi connectivity index (χ3v) is 2.41. The monoisotopic (exact) mass is 295 g/mol. The summed E-state index contributed by atoms with van der Waals surface area (Å²) in [5.41, 5.74) is 4.55. The topological polar surface area (TPSA) is 70.2 Å². The van der Waals surface area contributed by atoms with Crippen LogP contribution in [0.5, 0.6) is 0 Å². The van der Waals surface area contributed by atoms with Crippen LogP contribution in [0.15, 0.2) is 18.2 Å². The predicted molar refractivity (Wildman–Crippen MR) is 67.5 cm³/mol. The lowest BCUT2D eigenvalue weighted by molar-refractivity contribution is -0.119. The average molecular weight is 297 g/mol. The Morgan fingerprint density at radius 2 is 1.88 bits per heavy atom. The lowest BCUT2D eigenvalue weighted by Crippen LogP contribution is -2.44. The van der Waals surface area contributed by atoms with Crippen molar-refractivity contribution in [2.75, 3.05) is 11.2 Å². The van der Waals surface area contributed by atoms with Crippen LogP contribution in [-0.4, -0.2) is 17.8 Å². The van der Waals surface area contributed by atoms with Gasteiger partial charge < -0.3 is 5.32 Å². The Bertz CT molecular complexity index is 439. The molecule has 1 rings (SSSR count). The van der Waals surface area contributed by atoms with Crippen LogP contribution in [0, 0.1) is 0 Å². The van der Waals surface area contributed by atoms with Crippen LogP contribution in [0.4, 0.5) is 10.5 Å². The molecule has 8 heteroatoms. The van der Waals surface area contributed by atoms with Gasteiger partial charge in [0.1, 0.15) is 5.88 Å². The summed E-state index contributed by atoms with van der Waals surface area (Å²) >= 11 is 16.7. The van der Waals surface area contributed by atoms with E-state index in [0.717, 1.165) is 0 Å². The fourth-order valence-corrected chi connectivity index (χ4v) is 1.43. The van der Waals surface area contributed by atoms with E-state index in [1.165, 1.54) is 12.1 Å². The van der Waals surface area contributed by atoms with E-state index in [2.05, 4.69) is 16.2 Å². The van der Waals surface area contributed by atoms with Gasteiger partial charge in [0.15, 0.2) is 0 Å². The van der Waals surface area contributed by atoms with Crippen molar-refractivity contribution in [3.05, 3.63) is 28.2 Å². The van der Waals surface area contributed by atoms with Gasteiger partial charge in [-0.05, 0) is 18.2 Å². The first-order valence-corrected chi connectivity index (χ1v) is 5.69. The molecule has 0 saturated heterocycles. The summed E-state index contributed by atoms with van der Waals surface area (Å²) in [4.78, 5) is 22.0. The van der Waals surface area contributed by atoms with E-state index in [4.69, 9.17) is 34.8 Å². The molecule has 0 bridgehead atoms. The lowest BCUT2D eigenvalue weighted by Gasteiger charge is -2.09. The Labute approximate surface area is 112 Å². The van der Waals surface area contributed by atoms with Crippen molar-refractivity contribution in [2.45, 2.75) is 0 Å². The molecule has 1 aromatic carbocycles. The van der Waals surface area contributed by atoms with Crippen molar-refractivity contribution in [3.63, 3.8) is 0 Å². The highest BCUT2D eigenvalue weighted by Crippen LogP contribution is 2.24. The number of rotatable bonds is 2. The summed E-state index contributed by atoms with van der Waals surface area (Å²) in [6.07, 6.45) is 0. The van der Waals surface area contributed by atoms with E-state index in [1.807, 2.05) is 0 Å². The summed E-state index contributed by atoms with van der Waals surface area (Å²) in [6.45, 7) is 0. The number of hydrogen-bond acceptors (Lipinski definition) is 2. The molecule has 0 aliphatic carbocycles. The molecule has 0 atom stereocenters. The van der Waals surface area contributed by atoms with Gasteiger partial charge in [0.2, 0.25) is 0 Å². The number of amides is 3. The Kier molecular flexibility index (Phi) is 5.34. The minimum absolute atomic E-state index is 0.248. The third-order valence-electron chi connectivity index (χ3n) is 1.62. The average Bonchev–Trinajstić information content (AvgIpc) is 2.29. The van der Waals surface area contributed by atoms with Gasteiger partial charge in [-0.2, -0.15) is 0 Å². The lowest BCUT2D eigenvalue weighted by atomic mass is 10.3. The molecule has 5 nitrogen and oxygen atoms in total. The molecule has 3 N–H and O–H groups in total. The molecule has 92 valence electrons. The van der Waals surface area contributed by atoms with Gasteiger partial charge >= 0.3 is 6.03 Å². The smallest absolute Gasteiger partial charge is 0.305 e. The highest BCUT2D eigenvalue weighted by molar-refractivity contribution is 6.36. The molecule has 3 amide bonds. The van der Waals surface area contributed by atoms with E-state index in [1.54, 1.807) is 6.07 Å². The highest BCUT2D eigenvalue weighted by Gasteiger charge is 2.06. The van der Waals surface area contributed by atoms with E-state index in [0.29, 0.717) is 10.7 Å².